The van der Waals surface area contributed by atoms with Crippen molar-refractivity contribution in [2.75, 3.05) is 6.54 Å². The second-order valence-corrected chi connectivity index (χ2v) is 4.87. The number of nitrogens with one attached hydrogen (secondary N) is 2. The molecule has 0 bridgehead atoms. The molecule has 120 valence electrons. The molecular weight excluding hydrogens is 326 g/mol. The molecule has 1 aromatic heterocycles. The Morgan fingerprint density at radius 3 is 2.70 bits per heavy atom. The zero-order valence-electron chi connectivity index (χ0n) is 11.7. The number of furan rings is 1. The molecule has 2 rings (SSSR count). The fraction of sp³-hybridized carbons (Fsp3) is 0.143. The molecule has 2 aromatic rings. The van der Waals surface area contributed by atoms with Gasteiger partial charge in [0.25, 0.3) is 11.6 Å². The van der Waals surface area contributed by atoms with Gasteiger partial charge in [0.2, 0.25) is 5.91 Å². The van der Waals surface area contributed by atoms with Gasteiger partial charge in [-0.3, -0.25) is 19.7 Å². The van der Waals surface area contributed by atoms with Crippen LogP contribution < -0.4 is 10.6 Å². The molecule has 1 heterocycles. The van der Waals surface area contributed by atoms with Gasteiger partial charge in [-0.1, -0.05) is 11.6 Å². The molecule has 0 atom stereocenters. The summed E-state index contributed by atoms with van der Waals surface area (Å²) in [4.78, 5) is 33.7. The maximum atomic E-state index is 12.0. The molecule has 23 heavy (non-hydrogen) atoms. The van der Waals surface area contributed by atoms with E-state index in [4.69, 9.17) is 16.0 Å². The lowest BCUT2D eigenvalue weighted by Gasteiger charge is -2.07. The molecular formula is C14H12ClN3O5. The van der Waals surface area contributed by atoms with Gasteiger partial charge >= 0.3 is 0 Å². The summed E-state index contributed by atoms with van der Waals surface area (Å²) >= 11 is 5.84. The molecule has 1 aromatic carbocycles. The highest BCUT2D eigenvalue weighted by Crippen LogP contribution is 2.21. The topological polar surface area (TPSA) is 114 Å². The zero-order valence-corrected chi connectivity index (χ0v) is 12.5. The number of carbonyl (C=O) groups is 2. The lowest BCUT2D eigenvalue weighted by Crippen LogP contribution is -2.36. The first-order valence-corrected chi connectivity index (χ1v) is 6.86. The average Bonchev–Trinajstić information content (AvgIpc) is 3.04. The summed E-state index contributed by atoms with van der Waals surface area (Å²) in [5.74, 6) is -0.533. The highest BCUT2D eigenvalue weighted by Gasteiger charge is 2.16. The zero-order chi connectivity index (χ0) is 16.8. The van der Waals surface area contributed by atoms with Crippen molar-refractivity contribution >= 4 is 29.1 Å². The number of nitro benzene ring substituents is 1. The van der Waals surface area contributed by atoms with Gasteiger partial charge in [-0.15, -0.1) is 0 Å². The van der Waals surface area contributed by atoms with E-state index in [2.05, 4.69) is 10.6 Å². The van der Waals surface area contributed by atoms with Gasteiger partial charge < -0.3 is 15.1 Å². The monoisotopic (exact) mass is 337 g/mol. The highest BCUT2D eigenvalue weighted by atomic mass is 35.5. The van der Waals surface area contributed by atoms with Crippen LogP contribution in [0.5, 0.6) is 0 Å². The van der Waals surface area contributed by atoms with Gasteiger partial charge in [0, 0.05) is 12.1 Å². The standard InChI is InChI=1S/C14H12ClN3O5/c15-12-4-3-9(18(21)22)6-11(12)14(20)17-8-13(19)16-7-10-2-1-5-23-10/h1-6H,7-8H2,(H,16,19)(H,17,20). The van der Waals surface area contributed by atoms with E-state index in [9.17, 15) is 19.7 Å². The normalized spacial score (nSPS) is 10.1. The molecule has 0 aliphatic carbocycles. The molecule has 0 unspecified atom stereocenters. The van der Waals surface area contributed by atoms with Crippen LogP contribution in [0.2, 0.25) is 5.02 Å². The summed E-state index contributed by atoms with van der Waals surface area (Å²) in [7, 11) is 0. The average molecular weight is 338 g/mol. The largest absolute Gasteiger partial charge is 0.467 e. The first-order chi connectivity index (χ1) is 11.0. The van der Waals surface area contributed by atoms with Crippen molar-refractivity contribution in [1.29, 1.82) is 0 Å². The van der Waals surface area contributed by atoms with Crippen molar-refractivity contribution in [3.63, 3.8) is 0 Å². The number of non-ortho nitro benzene ring substituents is 1. The van der Waals surface area contributed by atoms with Crippen molar-refractivity contribution < 1.29 is 18.9 Å². The molecule has 0 saturated carbocycles. The van der Waals surface area contributed by atoms with Crippen LogP contribution in [0.15, 0.2) is 41.0 Å². The number of nitro groups is 1. The number of hydrogen-bond acceptors (Lipinski definition) is 5. The van der Waals surface area contributed by atoms with Crippen LogP contribution in [0, 0.1) is 10.1 Å². The van der Waals surface area contributed by atoms with E-state index in [1.807, 2.05) is 0 Å². The fourth-order valence-electron chi connectivity index (χ4n) is 1.72. The number of halogens is 1. The van der Waals surface area contributed by atoms with Crippen LogP contribution in [0.1, 0.15) is 16.1 Å². The third-order valence-corrected chi connectivity index (χ3v) is 3.18. The van der Waals surface area contributed by atoms with Crippen LogP contribution in [0.4, 0.5) is 5.69 Å². The van der Waals surface area contributed by atoms with Crippen molar-refractivity contribution in [1.82, 2.24) is 10.6 Å². The third kappa shape index (κ3) is 4.55. The van der Waals surface area contributed by atoms with Crippen LogP contribution in [0.3, 0.4) is 0 Å². The molecule has 8 nitrogen and oxygen atoms in total. The summed E-state index contributed by atoms with van der Waals surface area (Å²) in [6.45, 7) is -0.0994. The molecule has 0 saturated heterocycles. The Morgan fingerprint density at radius 1 is 1.26 bits per heavy atom. The maximum absolute atomic E-state index is 12.0. The van der Waals surface area contributed by atoms with Gasteiger partial charge in [-0.25, -0.2) is 0 Å². The minimum absolute atomic E-state index is 0.0593. The van der Waals surface area contributed by atoms with E-state index in [0.717, 1.165) is 6.07 Å². The third-order valence-electron chi connectivity index (χ3n) is 2.85. The Hall–Kier alpha value is -2.87. The second kappa shape index (κ2) is 7.41. The van der Waals surface area contributed by atoms with Crippen molar-refractivity contribution in [3.8, 4) is 0 Å². The number of amides is 2. The quantitative estimate of drug-likeness (QED) is 0.617. The van der Waals surface area contributed by atoms with E-state index >= 15 is 0 Å². The number of hydrogen-bond donors (Lipinski definition) is 2. The van der Waals surface area contributed by atoms with Crippen LogP contribution in [-0.2, 0) is 11.3 Å². The Balaban J connectivity index is 1.90. The van der Waals surface area contributed by atoms with Crippen molar-refractivity contribution in [3.05, 3.63) is 63.1 Å². The van der Waals surface area contributed by atoms with E-state index in [-0.39, 0.29) is 29.4 Å². The van der Waals surface area contributed by atoms with Gasteiger partial charge in [0.15, 0.2) is 0 Å². The first-order valence-electron chi connectivity index (χ1n) is 6.48. The Bertz CT molecular complexity index is 730. The Labute approximate surface area is 135 Å². The summed E-state index contributed by atoms with van der Waals surface area (Å²) in [5.41, 5.74) is -0.332. The minimum Gasteiger partial charge on any atom is -0.467 e. The van der Waals surface area contributed by atoms with Crippen LogP contribution >= 0.6 is 11.6 Å². The lowest BCUT2D eigenvalue weighted by atomic mass is 10.2. The number of nitrogens with zero attached hydrogens (tertiary/aromatic N) is 1. The first kappa shape index (κ1) is 16.5. The minimum atomic E-state index is -0.674. The molecule has 0 aliphatic rings. The maximum Gasteiger partial charge on any atom is 0.270 e. The van der Waals surface area contributed by atoms with Gasteiger partial charge in [0.1, 0.15) is 5.76 Å². The van der Waals surface area contributed by atoms with Crippen LogP contribution in [0.25, 0.3) is 0 Å². The Morgan fingerprint density at radius 2 is 2.04 bits per heavy atom. The lowest BCUT2D eigenvalue weighted by molar-refractivity contribution is -0.384. The molecule has 2 N–H and O–H groups in total. The van der Waals surface area contributed by atoms with E-state index in [0.29, 0.717) is 5.76 Å². The summed E-state index contributed by atoms with van der Waals surface area (Å²) < 4.78 is 5.05. The van der Waals surface area contributed by atoms with E-state index in [1.54, 1.807) is 12.1 Å². The van der Waals surface area contributed by atoms with Crippen molar-refractivity contribution in [2.24, 2.45) is 0 Å². The number of carbonyl (C=O) groups excluding carboxylic acids is 2. The summed E-state index contributed by atoms with van der Waals surface area (Å²) in [6.07, 6.45) is 1.48. The highest BCUT2D eigenvalue weighted by molar-refractivity contribution is 6.34. The Kier molecular flexibility index (Phi) is 5.32. The summed E-state index contributed by atoms with van der Waals surface area (Å²) in [5, 5.41) is 15.7. The van der Waals surface area contributed by atoms with Crippen LogP contribution in [-0.4, -0.2) is 23.3 Å². The predicted octanol–water partition coefficient (Wildman–Crippen LogP) is 1.89. The molecule has 0 radical (unpaired) electrons. The fourth-order valence-corrected chi connectivity index (χ4v) is 1.92. The van der Waals surface area contributed by atoms with Gasteiger partial charge in [-0.2, -0.15) is 0 Å². The van der Waals surface area contributed by atoms with Crippen molar-refractivity contribution in [2.45, 2.75) is 6.54 Å². The van der Waals surface area contributed by atoms with E-state index < -0.39 is 16.7 Å². The van der Waals surface area contributed by atoms with Gasteiger partial charge in [-0.05, 0) is 18.2 Å². The smallest absolute Gasteiger partial charge is 0.270 e. The molecule has 0 spiro atoms. The molecule has 0 fully saturated rings. The van der Waals surface area contributed by atoms with Gasteiger partial charge in [0.05, 0.1) is 34.9 Å². The van der Waals surface area contributed by atoms with E-state index in [1.165, 1.54) is 18.4 Å². The molecule has 9 heteroatoms. The second-order valence-electron chi connectivity index (χ2n) is 4.46. The number of benzene rings is 1. The number of rotatable bonds is 6. The summed E-state index contributed by atoms with van der Waals surface area (Å²) in [6, 6.07) is 6.88. The predicted molar refractivity (Wildman–Crippen MR) is 81.0 cm³/mol. The molecule has 0 aliphatic heterocycles. The molecule has 2 amide bonds. The SMILES string of the molecule is O=C(CNC(=O)c1cc([N+](=O)[O-])ccc1Cl)NCc1ccco1.